The van der Waals surface area contributed by atoms with Crippen molar-refractivity contribution in [1.29, 1.82) is 0 Å². The van der Waals surface area contributed by atoms with Crippen LogP contribution in [0, 0.1) is 20.8 Å². The van der Waals surface area contributed by atoms with E-state index in [0.29, 0.717) is 0 Å². The lowest BCUT2D eigenvalue weighted by Crippen LogP contribution is -2.20. The summed E-state index contributed by atoms with van der Waals surface area (Å²) in [6, 6.07) is 8.29. The number of nitrogens with zero attached hydrogens (tertiary/aromatic N) is 2. The Balaban J connectivity index is 2.25. The minimum Gasteiger partial charge on any atom is -0.322 e. The van der Waals surface area contributed by atoms with Crippen molar-refractivity contribution in [3.8, 4) is 0 Å². The molecule has 0 fully saturated rings. The van der Waals surface area contributed by atoms with Gasteiger partial charge in [0.2, 0.25) is 0 Å². The molecule has 2 aromatic rings. The molecule has 0 amide bonds. The molecule has 0 saturated heterocycles. The van der Waals surface area contributed by atoms with Gasteiger partial charge in [0.05, 0.1) is 12.2 Å². The summed E-state index contributed by atoms with van der Waals surface area (Å²) in [6.07, 6.45) is 1.03. The fourth-order valence-corrected chi connectivity index (χ4v) is 2.71. The summed E-state index contributed by atoms with van der Waals surface area (Å²) < 4.78 is 2.05. The Labute approximate surface area is 115 Å². The fraction of sp³-hybridized carbons (Fsp3) is 0.438. The molecule has 1 heterocycles. The lowest BCUT2D eigenvalue weighted by Gasteiger charge is -2.16. The zero-order valence-corrected chi connectivity index (χ0v) is 12.3. The molecule has 0 spiro atoms. The third kappa shape index (κ3) is 2.71. The van der Waals surface area contributed by atoms with Crippen LogP contribution < -0.4 is 5.73 Å². The highest BCUT2D eigenvalue weighted by molar-refractivity contribution is 5.29. The number of rotatable bonds is 4. The second-order valence-electron chi connectivity index (χ2n) is 5.15. The maximum absolute atomic E-state index is 6.34. The maximum Gasteiger partial charge on any atom is 0.0628 e. The van der Waals surface area contributed by atoms with Crippen LogP contribution in [0.3, 0.4) is 0 Å². The molecule has 0 bridgehead atoms. The van der Waals surface area contributed by atoms with Gasteiger partial charge in [0.1, 0.15) is 0 Å². The molecule has 0 saturated carbocycles. The van der Waals surface area contributed by atoms with Crippen LogP contribution in [0.25, 0.3) is 0 Å². The van der Waals surface area contributed by atoms with E-state index in [-0.39, 0.29) is 6.04 Å². The molecule has 1 atom stereocenters. The molecule has 102 valence electrons. The first-order valence-corrected chi connectivity index (χ1v) is 6.88. The molecule has 3 nitrogen and oxygen atoms in total. The van der Waals surface area contributed by atoms with Gasteiger partial charge in [0.15, 0.2) is 0 Å². The average Bonchev–Trinajstić information content (AvgIpc) is 2.64. The maximum atomic E-state index is 6.34. The van der Waals surface area contributed by atoms with Gasteiger partial charge < -0.3 is 5.73 Å². The van der Waals surface area contributed by atoms with E-state index in [1.165, 1.54) is 22.4 Å². The van der Waals surface area contributed by atoms with Crippen molar-refractivity contribution in [1.82, 2.24) is 9.78 Å². The van der Waals surface area contributed by atoms with Crippen LogP contribution in [0.15, 0.2) is 24.3 Å². The van der Waals surface area contributed by atoms with Crippen LogP contribution in [-0.2, 0) is 13.0 Å². The second-order valence-corrected chi connectivity index (χ2v) is 5.15. The zero-order chi connectivity index (χ0) is 14.0. The van der Waals surface area contributed by atoms with Crippen molar-refractivity contribution < 1.29 is 0 Å². The summed E-state index contributed by atoms with van der Waals surface area (Å²) in [7, 11) is 0. The van der Waals surface area contributed by atoms with Gasteiger partial charge in [-0.2, -0.15) is 5.10 Å². The van der Waals surface area contributed by atoms with E-state index in [0.717, 1.165) is 18.7 Å². The Morgan fingerprint density at radius 2 is 1.89 bits per heavy atom. The van der Waals surface area contributed by atoms with Crippen molar-refractivity contribution >= 4 is 0 Å². The SMILES string of the molecule is CCc1c(C)nn(CC(N)c2ccccc2C)c1C. The number of aromatic nitrogens is 2. The molecular weight excluding hydrogens is 234 g/mol. The van der Waals surface area contributed by atoms with Crippen molar-refractivity contribution in [3.63, 3.8) is 0 Å². The monoisotopic (exact) mass is 257 g/mol. The first-order chi connectivity index (χ1) is 9.04. The summed E-state index contributed by atoms with van der Waals surface area (Å²) in [4.78, 5) is 0. The third-order valence-electron chi connectivity index (χ3n) is 3.84. The Bertz CT molecular complexity index is 569. The number of benzene rings is 1. The van der Waals surface area contributed by atoms with Crippen LogP contribution in [0.5, 0.6) is 0 Å². The van der Waals surface area contributed by atoms with Gasteiger partial charge in [-0.3, -0.25) is 4.68 Å². The van der Waals surface area contributed by atoms with E-state index in [9.17, 15) is 0 Å². The smallest absolute Gasteiger partial charge is 0.0628 e. The van der Waals surface area contributed by atoms with Gasteiger partial charge in [-0.1, -0.05) is 31.2 Å². The van der Waals surface area contributed by atoms with E-state index in [2.05, 4.69) is 44.9 Å². The van der Waals surface area contributed by atoms with Crippen molar-refractivity contribution in [2.75, 3.05) is 0 Å². The molecule has 19 heavy (non-hydrogen) atoms. The highest BCUT2D eigenvalue weighted by atomic mass is 15.3. The van der Waals surface area contributed by atoms with Crippen LogP contribution in [0.1, 0.15) is 41.0 Å². The fourth-order valence-electron chi connectivity index (χ4n) is 2.71. The lowest BCUT2D eigenvalue weighted by molar-refractivity contribution is 0.513. The zero-order valence-electron chi connectivity index (χ0n) is 12.3. The lowest BCUT2D eigenvalue weighted by atomic mass is 10.0. The normalized spacial score (nSPS) is 12.7. The first kappa shape index (κ1) is 13.8. The Morgan fingerprint density at radius 1 is 1.21 bits per heavy atom. The predicted molar refractivity (Wildman–Crippen MR) is 79.2 cm³/mol. The molecule has 0 aliphatic carbocycles. The minimum absolute atomic E-state index is 0.0103. The molecule has 0 aliphatic heterocycles. The summed E-state index contributed by atoms with van der Waals surface area (Å²) in [6.45, 7) is 9.21. The molecule has 1 aromatic heterocycles. The number of aryl methyl sites for hydroxylation is 2. The van der Waals surface area contributed by atoms with E-state index in [1.807, 2.05) is 16.8 Å². The highest BCUT2D eigenvalue weighted by Crippen LogP contribution is 2.20. The summed E-state index contributed by atoms with van der Waals surface area (Å²) in [5.74, 6) is 0. The second kappa shape index (κ2) is 5.57. The van der Waals surface area contributed by atoms with Crippen LogP contribution in [0.4, 0.5) is 0 Å². The molecule has 0 aliphatic rings. The topological polar surface area (TPSA) is 43.8 Å². The van der Waals surface area contributed by atoms with Gasteiger partial charge in [-0.25, -0.2) is 0 Å². The van der Waals surface area contributed by atoms with E-state index in [4.69, 9.17) is 5.73 Å². The predicted octanol–water partition coefficient (Wildman–Crippen LogP) is 3.07. The van der Waals surface area contributed by atoms with Crippen LogP contribution in [0.2, 0.25) is 0 Å². The van der Waals surface area contributed by atoms with E-state index < -0.39 is 0 Å². The van der Waals surface area contributed by atoms with Gasteiger partial charge in [0, 0.05) is 11.7 Å². The van der Waals surface area contributed by atoms with Crippen molar-refractivity contribution in [3.05, 3.63) is 52.3 Å². The molecular formula is C16H23N3. The summed E-state index contributed by atoms with van der Waals surface area (Å²) >= 11 is 0. The van der Waals surface area contributed by atoms with Gasteiger partial charge in [0.25, 0.3) is 0 Å². The van der Waals surface area contributed by atoms with Crippen LogP contribution >= 0.6 is 0 Å². The largest absolute Gasteiger partial charge is 0.322 e. The Morgan fingerprint density at radius 3 is 2.47 bits per heavy atom. The Hall–Kier alpha value is -1.61. The van der Waals surface area contributed by atoms with Gasteiger partial charge in [-0.05, 0) is 43.9 Å². The number of nitrogens with two attached hydrogens (primary N) is 1. The Kier molecular flexibility index (Phi) is 4.05. The molecule has 0 radical (unpaired) electrons. The van der Waals surface area contributed by atoms with Crippen molar-refractivity contribution in [2.45, 2.75) is 46.7 Å². The molecule has 2 N–H and O–H groups in total. The molecule has 1 aromatic carbocycles. The van der Waals surface area contributed by atoms with E-state index in [1.54, 1.807) is 0 Å². The molecule has 2 rings (SSSR count). The summed E-state index contributed by atoms with van der Waals surface area (Å²) in [5, 5.41) is 4.61. The van der Waals surface area contributed by atoms with Gasteiger partial charge in [-0.15, -0.1) is 0 Å². The first-order valence-electron chi connectivity index (χ1n) is 6.88. The number of hydrogen-bond acceptors (Lipinski definition) is 2. The molecule has 1 unspecified atom stereocenters. The quantitative estimate of drug-likeness (QED) is 0.914. The third-order valence-corrected chi connectivity index (χ3v) is 3.84. The summed E-state index contributed by atoms with van der Waals surface area (Å²) in [5.41, 5.74) is 12.5. The van der Waals surface area contributed by atoms with Gasteiger partial charge >= 0.3 is 0 Å². The van der Waals surface area contributed by atoms with Crippen LogP contribution in [-0.4, -0.2) is 9.78 Å². The highest BCUT2D eigenvalue weighted by Gasteiger charge is 2.14. The van der Waals surface area contributed by atoms with Crippen molar-refractivity contribution in [2.24, 2.45) is 5.73 Å². The number of hydrogen-bond donors (Lipinski definition) is 1. The van der Waals surface area contributed by atoms with E-state index >= 15 is 0 Å². The average molecular weight is 257 g/mol. The molecule has 3 heteroatoms. The minimum atomic E-state index is -0.0103. The standard InChI is InChI=1S/C16H23N3/c1-5-14-12(3)18-19(13(14)4)10-16(17)15-9-7-6-8-11(15)2/h6-9,16H,5,10,17H2,1-4H3.